The molecule has 0 amide bonds. The molecule has 0 aromatic heterocycles. The summed E-state index contributed by atoms with van der Waals surface area (Å²) in [5.41, 5.74) is 1.37. The molecule has 0 spiro atoms. The summed E-state index contributed by atoms with van der Waals surface area (Å²) in [6, 6.07) is 8.05. The van der Waals surface area contributed by atoms with E-state index in [9.17, 15) is 0 Å². The molecule has 0 saturated carbocycles. The third kappa shape index (κ3) is 13.5. The first kappa shape index (κ1) is 21.9. The number of aliphatic carboxylic acids is 2. The average Bonchev–Trinajstić information content (AvgIpc) is 2.45. The summed E-state index contributed by atoms with van der Waals surface area (Å²) in [5, 5.41) is 18.2. The van der Waals surface area contributed by atoms with E-state index >= 15 is 0 Å². The van der Waals surface area contributed by atoms with Crippen molar-refractivity contribution in [3.8, 4) is 5.75 Å². The van der Waals surface area contributed by atoms with Gasteiger partial charge in [0.1, 0.15) is 12.4 Å². The molecule has 136 valence electrons. The Bertz CT molecular complexity index is 498. The Labute approximate surface area is 142 Å². The molecule has 0 aliphatic heterocycles. The van der Waals surface area contributed by atoms with Gasteiger partial charge in [-0.25, -0.2) is 9.59 Å². The summed E-state index contributed by atoms with van der Waals surface area (Å²) < 4.78 is 11.1. The Morgan fingerprint density at radius 3 is 2.21 bits per heavy atom. The van der Waals surface area contributed by atoms with Gasteiger partial charge in [-0.05, 0) is 45.4 Å². The van der Waals surface area contributed by atoms with Crippen LogP contribution in [0.15, 0.2) is 24.3 Å². The van der Waals surface area contributed by atoms with Crippen molar-refractivity contribution in [1.29, 1.82) is 0 Å². The van der Waals surface area contributed by atoms with E-state index in [1.165, 1.54) is 5.56 Å². The highest BCUT2D eigenvalue weighted by molar-refractivity contribution is 6.27. The van der Waals surface area contributed by atoms with Gasteiger partial charge in [-0.15, -0.1) is 0 Å². The van der Waals surface area contributed by atoms with Gasteiger partial charge in [0.05, 0.1) is 13.2 Å². The van der Waals surface area contributed by atoms with Crippen molar-refractivity contribution >= 4 is 11.9 Å². The van der Waals surface area contributed by atoms with Crippen LogP contribution in [0.2, 0.25) is 0 Å². The second-order valence-electron chi connectivity index (χ2n) is 6.06. The molecule has 3 N–H and O–H groups in total. The van der Waals surface area contributed by atoms with Crippen LogP contribution < -0.4 is 10.1 Å². The molecule has 7 nitrogen and oxygen atoms in total. The molecule has 0 aliphatic rings. The number of carboxylic acid groups (broad SMARTS) is 2. The van der Waals surface area contributed by atoms with Crippen LogP contribution in [0, 0.1) is 6.92 Å². The highest BCUT2D eigenvalue weighted by atomic mass is 16.5. The van der Waals surface area contributed by atoms with Gasteiger partial charge in [-0.2, -0.15) is 0 Å². The molecule has 0 unspecified atom stereocenters. The second-order valence-corrected chi connectivity index (χ2v) is 6.06. The fourth-order valence-electron chi connectivity index (χ4n) is 1.52. The maximum Gasteiger partial charge on any atom is 0.414 e. The predicted octanol–water partition coefficient (Wildman–Crippen LogP) is 1.93. The van der Waals surface area contributed by atoms with Crippen LogP contribution >= 0.6 is 0 Å². The van der Waals surface area contributed by atoms with Gasteiger partial charge in [-0.1, -0.05) is 12.1 Å². The summed E-state index contributed by atoms with van der Waals surface area (Å²) >= 11 is 0. The third-order valence-electron chi connectivity index (χ3n) is 2.57. The first-order valence-corrected chi connectivity index (χ1v) is 7.60. The first-order valence-electron chi connectivity index (χ1n) is 7.60. The lowest BCUT2D eigenvalue weighted by Crippen LogP contribution is -2.38. The smallest absolute Gasteiger partial charge is 0.414 e. The Hall–Kier alpha value is -2.12. The number of aryl methyl sites for hydroxylation is 1. The summed E-state index contributed by atoms with van der Waals surface area (Å²) in [6.07, 6.45) is 0. The molecule has 7 heteroatoms. The van der Waals surface area contributed by atoms with E-state index in [-0.39, 0.29) is 5.54 Å². The van der Waals surface area contributed by atoms with Crippen molar-refractivity contribution in [3.05, 3.63) is 29.8 Å². The van der Waals surface area contributed by atoms with E-state index in [2.05, 4.69) is 39.1 Å². The lowest BCUT2D eigenvalue weighted by molar-refractivity contribution is -0.159. The SMILES string of the molecule is Cc1cccc(OCCOCCNC(C)(C)C)c1.O=C(O)C(=O)O. The molecule has 0 atom stereocenters. The monoisotopic (exact) mass is 341 g/mol. The Balaban J connectivity index is 0.000000754. The number of ether oxygens (including phenoxy) is 2. The molecule has 1 aromatic rings. The van der Waals surface area contributed by atoms with Crippen LogP contribution in [0.1, 0.15) is 26.3 Å². The van der Waals surface area contributed by atoms with Gasteiger partial charge in [-0.3, -0.25) is 0 Å². The minimum absolute atomic E-state index is 0.154. The maximum absolute atomic E-state index is 9.10. The summed E-state index contributed by atoms with van der Waals surface area (Å²) in [4.78, 5) is 18.2. The van der Waals surface area contributed by atoms with Gasteiger partial charge in [0.15, 0.2) is 0 Å². The lowest BCUT2D eigenvalue weighted by atomic mass is 10.1. The third-order valence-corrected chi connectivity index (χ3v) is 2.57. The van der Waals surface area contributed by atoms with Gasteiger partial charge in [0, 0.05) is 12.1 Å². The zero-order valence-electron chi connectivity index (χ0n) is 14.7. The molecule has 1 rings (SSSR count). The van der Waals surface area contributed by atoms with Crippen LogP contribution in [0.5, 0.6) is 5.75 Å². The van der Waals surface area contributed by atoms with Crippen molar-refractivity contribution in [3.63, 3.8) is 0 Å². The van der Waals surface area contributed by atoms with Gasteiger partial charge >= 0.3 is 11.9 Å². The molecular formula is C17H27NO6. The molecule has 0 radical (unpaired) electrons. The summed E-state index contributed by atoms with van der Waals surface area (Å²) in [7, 11) is 0. The Morgan fingerprint density at radius 1 is 1.08 bits per heavy atom. The van der Waals surface area contributed by atoms with E-state index in [4.69, 9.17) is 29.3 Å². The fourth-order valence-corrected chi connectivity index (χ4v) is 1.52. The highest BCUT2D eigenvalue weighted by Gasteiger charge is 2.07. The van der Waals surface area contributed by atoms with E-state index in [1.807, 2.05) is 18.2 Å². The van der Waals surface area contributed by atoms with E-state index in [0.717, 1.165) is 12.3 Å². The normalized spacial score (nSPS) is 10.5. The van der Waals surface area contributed by atoms with Crippen molar-refractivity contribution in [2.45, 2.75) is 33.2 Å². The molecule has 24 heavy (non-hydrogen) atoms. The standard InChI is InChI=1S/C15H25NO2.C2H2O4/c1-13-6-5-7-14(12-13)18-11-10-17-9-8-16-15(2,3)4;3-1(4)2(5)6/h5-7,12,16H,8-11H2,1-4H3;(H,3,4)(H,5,6). The van der Waals surface area contributed by atoms with Crippen LogP contribution in [-0.4, -0.2) is 54.1 Å². The number of hydrogen-bond donors (Lipinski definition) is 3. The molecular weight excluding hydrogens is 314 g/mol. The van der Waals surface area contributed by atoms with Gasteiger partial charge in [0.25, 0.3) is 0 Å². The number of rotatable bonds is 7. The molecule has 0 saturated heterocycles. The number of carbonyl (C=O) groups is 2. The number of hydrogen-bond acceptors (Lipinski definition) is 5. The first-order chi connectivity index (χ1) is 11.1. The second kappa shape index (κ2) is 11.4. The predicted molar refractivity (Wildman–Crippen MR) is 90.5 cm³/mol. The topological polar surface area (TPSA) is 105 Å². The molecule has 1 aromatic carbocycles. The number of benzene rings is 1. The summed E-state index contributed by atoms with van der Waals surface area (Å²) in [5.74, 6) is -2.74. The Morgan fingerprint density at radius 2 is 1.71 bits per heavy atom. The van der Waals surface area contributed by atoms with E-state index in [1.54, 1.807) is 0 Å². The maximum atomic E-state index is 9.10. The Kier molecular flexibility index (Phi) is 10.4. The minimum Gasteiger partial charge on any atom is -0.491 e. The minimum atomic E-state index is -1.82. The van der Waals surface area contributed by atoms with Crippen molar-refractivity contribution in [1.82, 2.24) is 5.32 Å². The van der Waals surface area contributed by atoms with Crippen LogP contribution in [0.25, 0.3) is 0 Å². The van der Waals surface area contributed by atoms with E-state index < -0.39 is 11.9 Å². The fraction of sp³-hybridized carbons (Fsp3) is 0.529. The number of carboxylic acids is 2. The largest absolute Gasteiger partial charge is 0.491 e. The van der Waals surface area contributed by atoms with Crippen LogP contribution in [0.4, 0.5) is 0 Å². The lowest BCUT2D eigenvalue weighted by Gasteiger charge is -2.20. The zero-order chi connectivity index (χ0) is 18.6. The molecule has 0 aliphatic carbocycles. The molecule has 0 heterocycles. The number of nitrogens with one attached hydrogen (secondary N) is 1. The van der Waals surface area contributed by atoms with Crippen molar-refractivity contribution < 1.29 is 29.3 Å². The quantitative estimate of drug-likeness (QED) is 0.514. The average molecular weight is 341 g/mol. The van der Waals surface area contributed by atoms with E-state index in [0.29, 0.717) is 19.8 Å². The van der Waals surface area contributed by atoms with Crippen molar-refractivity contribution in [2.24, 2.45) is 0 Å². The van der Waals surface area contributed by atoms with Crippen LogP contribution in [-0.2, 0) is 14.3 Å². The van der Waals surface area contributed by atoms with Crippen LogP contribution in [0.3, 0.4) is 0 Å². The summed E-state index contributed by atoms with van der Waals surface area (Å²) in [6.45, 7) is 11.3. The molecule has 0 fully saturated rings. The zero-order valence-corrected chi connectivity index (χ0v) is 14.7. The molecule has 0 bridgehead atoms. The van der Waals surface area contributed by atoms with Crippen molar-refractivity contribution in [2.75, 3.05) is 26.4 Å². The van der Waals surface area contributed by atoms with Gasteiger partial charge in [0.2, 0.25) is 0 Å². The highest BCUT2D eigenvalue weighted by Crippen LogP contribution is 2.11. The van der Waals surface area contributed by atoms with Gasteiger partial charge < -0.3 is 25.0 Å².